The molecule has 1 saturated heterocycles. The molecule has 176 valence electrons. The SMILES string of the molecule is CC(C)N(CCCCCCSc1cccc2c1CN(C1CCC(=O)NC1=O)C2=O)C(C)C. The molecule has 0 spiro atoms. The van der Waals surface area contributed by atoms with Crippen LogP contribution in [0.15, 0.2) is 23.1 Å². The van der Waals surface area contributed by atoms with Crippen LogP contribution < -0.4 is 5.32 Å². The molecular formula is C25H37N3O3S. The Labute approximate surface area is 196 Å². The lowest BCUT2D eigenvalue weighted by Gasteiger charge is -2.30. The van der Waals surface area contributed by atoms with Gasteiger partial charge in [-0.1, -0.05) is 18.9 Å². The Hall–Kier alpha value is -1.86. The van der Waals surface area contributed by atoms with Crippen LogP contribution in [0.1, 0.15) is 82.1 Å². The summed E-state index contributed by atoms with van der Waals surface area (Å²) in [7, 11) is 0. The zero-order valence-electron chi connectivity index (χ0n) is 19.9. The molecule has 1 aromatic rings. The number of rotatable bonds is 11. The van der Waals surface area contributed by atoms with E-state index in [1.807, 2.05) is 23.9 Å². The number of nitrogens with zero attached hydrogens (tertiary/aromatic N) is 2. The molecule has 3 amide bonds. The monoisotopic (exact) mass is 459 g/mol. The Morgan fingerprint density at radius 1 is 1.06 bits per heavy atom. The zero-order valence-corrected chi connectivity index (χ0v) is 20.7. The highest BCUT2D eigenvalue weighted by molar-refractivity contribution is 7.99. The summed E-state index contributed by atoms with van der Waals surface area (Å²) in [5.74, 6) is 0.316. The Morgan fingerprint density at radius 2 is 1.78 bits per heavy atom. The van der Waals surface area contributed by atoms with E-state index >= 15 is 0 Å². The highest BCUT2D eigenvalue weighted by Crippen LogP contribution is 2.34. The van der Waals surface area contributed by atoms with Crippen LogP contribution in [0.25, 0.3) is 0 Å². The van der Waals surface area contributed by atoms with E-state index in [-0.39, 0.29) is 24.1 Å². The predicted molar refractivity (Wildman–Crippen MR) is 129 cm³/mol. The first kappa shape index (κ1) is 24.8. The van der Waals surface area contributed by atoms with Crippen LogP contribution in [0.3, 0.4) is 0 Å². The number of fused-ring (bicyclic) bond motifs is 1. The van der Waals surface area contributed by atoms with E-state index in [0.717, 1.165) is 29.2 Å². The Kier molecular flexibility index (Phi) is 8.77. The van der Waals surface area contributed by atoms with Gasteiger partial charge in [-0.2, -0.15) is 0 Å². The topological polar surface area (TPSA) is 69.7 Å². The number of amides is 3. The van der Waals surface area contributed by atoms with Crippen LogP contribution in [0.2, 0.25) is 0 Å². The fourth-order valence-electron chi connectivity index (χ4n) is 4.74. The number of benzene rings is 1. The van der Waals surface area contributed by atoms with Crippen molar-refractivity contribution in [2.45, 2.75) is 95.8 Å². The second-order valence-corrected chi connectivity index (χ2v) is 10.5. The van der Waals surface area contributed by atoms with Gasteiger partial charge in [0.15, 0.2) is 0 Å². The molecule has 0 bridgehead atoms. The molecule has 6 nitrogen and oxygen atoms in total. The van der Waals surface area contributed by atoms with Crippen molar-refractivity contribution in [3.05, 3.63) is 29.3 Å². The van der Waals surface area contributed by atoms with Crippen molar-refractivity contribution in [1.82, 2.24) is 15.1 Å². The summed E-state index contributed by atoms with van der Waals surface area (Å²) >= 11 is 1.81. The van der Waals surface area contributed by atoms with Crippen molar-refractivity contribution >= 4 is 29.5 Å². The molecule has 1 aromatic carbocycles. The molecule has 2 heterocycles. The third-order valence-corrected chi connectivity index (χ3v) is 7.62. The largest absolute Gasteiger partial charge is 0.322 e. The summed E-state index contributed by atoms with van der Waals surface area (Å²) < 4.78 is 0. The van der Waals surface area contributed by atoms with E-state index in [2.05, 4.69) is 44.0 Å². The van der Waals surface area contributed by atoms with Gasteiger partial charge in [-0.15, -0.1) is 11.8 Å². The lowest BCUT2D eigenvalue weighted by Crippen LogP contribution is -2.52. The molecule has 2 aliphatic rings. The van der Waals surface area contributed by atoms with Crippen molar-refractivity contribution in [2.75, 3.05) is 12.3 Å². The summed E-state index contributed by atoms with van der Waals surface area (Å²) in [5.41, 5.74) is 1.72. The molecule has 3 rings (SSSR count). The summed E-state index contributed by atoms with van der Waals surface area (Å²) in [6.07, 6.45) is 5.53. The number of hydrogen-bond acceptors (Lipinski definition) is 5. The maximum absolute atomic E-state index is 12.9. The summed E-state index contributed by atoms with van der Waals surface area (Å²) in [6.45, 7) is 10.7. The standard InChI is InChI=1S/C25H37N3O3S/c1-17(2)27(18(3)4)14-7-5-6-8-15-32-22-11-9-10-19-20(22)16-28(25(19)31)21-12-13-23(29)26-24(21)30/h9-11,17-18,21H,5-8,12-16H2,1-4H3,(H,26,29,30). The smallest absolute Gasteiger partial charge is 0.255 e. The zero-order chi connectivity index (χ0) is 23.3. The first-order valence-electron chi connectivity index (χ1n) is 11.9. The fourth-order valence-corrected chi connectivity index (χ4v) is 5.83. The summed E-state index contributed by atoms with van der Waals surface area (Å²) in [4.78, 5) is 41.9. The molecule has 0 radical (unpaired) electrons. The maximum atomic E-state index is 12.9. The van der Waals surface area contributed by atoms with Gasteiger partial charge in [0.25, 0.3) is 5.91 Å². The Balaban J connectivity index is 1.47. The van der Waals surface area contributed by atoms with E-state index in [9.17, 15) is 14.4 Å². The van der Waals surface area contributed by atoms with E-state index < -0.39 is 6.04 Å². The van der Waals surface area contributed by atoms with Gasteiger partial charge < -0.3 is 4.90 Å². The third kappa shape index (κ3) is 5.93. The van der Waals surface area contributed by atoms with Crippen molar-refractivity contribution in [3.63, 3.8) is 0 Å². The minimum atomic E-state index is -0.554. The number of carbonyl (C=O) groups is 3. The van der Waals surface area contributed by atoms with E-state index in [1.165, 1.54) is 19.3 Å². The maximum Gasteiger partial charge on any atom is 0.255 e. The van der Waals surface area contributed by atoms with E-state index in [4.69, 9.17) is 0 Å². The molecule has 7 heteroatoms. The number of piperidine rings is 1. The Morgan fingerprint density at radius 3 is 2.47 bits per heavy atom. The molecule has 1 atom stereocenters. The number of carbonyl (C=O) groups excluding carboxylic acids is 3. The molecule has 1 fully saturated rings. The van der Waals surface area contributed by atoms with E-state index in [1.54, 1.807) is 4.90 Å². The van der Waals surface area contributed by atoms with Crippen LogP contribution in [0.4, 0.5) is 0 Å². The van der Waals surface area contributed by atoms with Crippen molar-refractivity contribution < 1.29 is 14.4 Å². The van der Waals surface area contributed by atoms with Crippen molar-refractivity contribution in [3.8, 4) is 0 Å². The Bertz CT molecular complexity index is 832. The van der Waals surface area contributed by atoms with Crippen LogP contribution in [-0.2, 0) is 16.1 Å². The van der Waals surface area contributed by atoms with Crippen LogP contribution in [-0.4, -0.2) is 57.9 Å². The van der Waals surface area contributed by atoms with Gasteiger partial charge in [0.2, 0.25) is 11.8 Å². The van der Waals surface area contributed by atoms with Crippen LogP contribution in [0, 0.1) is 0 Å². The van der Waals surface area contributed by atoms with Gasteiger partial charge in [0.1, 0.15) is 6.04 Å². The number of unbranched alkanes of at least 4 members (excludes halogenated alkanes) is 3. The number of thioether (sulfide) groups is 1. The van der Waals surface area contributed by atoms with Gasteiger partial charge in [-0.25, -0.2) is 0 Å². The summed E-state index contributed by atoms with van der Waals surface area (Å²) in [6, 6.07) is 6.49. The van der Waals surface area contributed by atoms with Crippen LogP contribution in [0.5, 0.6) is 0 Å². The lowest BCUT2D eigenvalue weighted by atomic mass is 10.0. The molecule has 1 N–H and O–H groups in total. The van der Waals surface area contributed by atoms with Crippen molar-refractivity contribution in [1.29, 1.82) is 0 Å². The average Bonchev–Trinajstić information content (AvgIpc) is 3.06. The average molecular weight is 460 g/mol. The normalized spacial score (nSPS) is 18.8. The summed E-state index contributed by atoms with van der Waals surface area (Å²) in [5, 5.41) is 2.37. The predicted octanol–water partition coefficient (Wildman–Crippen LogP) is 4.22. The second kappa shape index (κ2) is 11.3. The van der Waals surface area contributed by atoms with Gasteiger partial charge in [-0.3, -0.25) is 24.6 Å². The van der Waals surface area contributed by atoms with Crippen LogP contribution >= 0.6 is 11.8 Å². The van der Waals surface area contributed by atoms with Gasteiger partial charge >= 0.3 is 0 Å². The van der Waals surface area contributed by atoms with Gasteiger partial charge in [0, 0.05) is 35.5 Å². The first-order valence-corrected chi connectivity index (χ1v) is 12.9. The quantitative estimate of drug-likeness (QED) is 0.305. The van der Waals surface area contributed by atoms with Gasteiger partial charge in [0.05, 0.1) is 0 Å². The van der Waals surface area contributed by atoms with E-state index in [0.29, 0.717) is 30.6 Å². The number of nitrogens with one attached hydrogen (secondary N) is 1. The highest BCUT2D eigenvalue weighted by Gasteiger charge is 2.39. The lowest BCUT2D eigenvalue weighted by molar-refractivity contribution is -0.136. The molecule has 1 unspecified atom stereocenters. The molecule has 0 aliphatic carbocycles. The minimum Gasteiger partial charge on any atom is -0.322 e. The molecular weight excluding hydrogens is 422 g/mol. The number of hydrogen-bond donors (Lipinski definition) is 1. The van der Waals surface area contributed by atoms with Gasteiger partial charge in [-0.05, 0) is 77.0 Å². The molecule has 0 aromatic heterocycles. The van der Waals surface area contributed by atoms with Crippen molar-refractivity contribution in [2.24, 2.45) is 0 Å². The molecule has 32 heavy (non-hydrogen) atoms. The first-order chi connectivity index (χ1) is 15.3. The highest BCUT2D eigenvalue weighted by atomic mass is 32.2. The fraction of sp³-hybridized carbons (Fsp3) is 0.640. The molecule has 0 saturated carbocycles. The second-order valence-electron chi connectivity index (χ2n) is 9.37. The molecule has 2 aliphatic heterocycles. The minimum absolute atomic E-state index is 0.100. The number of imide groups is 1. The third-order valence-electron chi connectivity index (χ3n) is 6.43.